The van der Waals surface area contributed by atoms with E-state index in [1.165, 1.54) is 25.1 Å². The van der Waals surface area contributed by atoms with Crippen LogP contribution in [-0.2, 0) is 21.2 Å². The summed E-state index contributed by atoms with van der Waals surface area (Å²) in [5, 5.41) is 8.88. The van der Waals surface area contributed by atoms with E-state index in [1.54, 1.807) is 11.0 Å². The second-order valence-corrected chi connectivity index (χ2v) is 8.23. The first-order valence-corrected chi connectivity index (χ1v) is 10.2. The Labute approximate surface area is 162 Å². The molecule has 2 aromatic rings. The van der Waals surface area contributed by atoms with E-state index in [-0.39, 0.29) is 41.5 Å². The van der Waals surface area contributed by atoms with Crippen LogP contribution in [0.2, 0.25) is 0 Å². The van der Waals surface area contributed by atoms with Gasteiger partial charge in [-0.3, -0.25) is 9.52 Å². The van der Waals surface area contributed by atoms with Crippen LogP contribution in [0.3, 0.4) is 0 Å². The molecule has 1 heterocycles. The summed E-state index contributed by atoms with van der Waals surface area (Å²) in [7, 11) is -3.97. The van der Waals surface area contributed by atoms with Gasteiger partial charge in [0.2, 0.25) is 5.91 Å². The number of carbonyl (C=O) groups is 1. The monoisotopic (exact) mass is 408 g/mol. The van der Waals surface area contributed by atoms with Gasteiger partial charge < -0.3 is 14.7 Å². The highest BCUT2D eigenvalue weighted by atomic mass is 32.2. The number of carbonyl (C=O) groups excluding carboxylic acids is 1. The van der Waals surface area contributed by atoms with Crippen LogP contribution in [0.25, 0.3) is 0 Å². The number of aliphatic hydroxyl groups excluding tert-OH is 1. The second kappa shape index (κ2) is 7.76. The summed E-state index contributed by atoms with van der Waals surface area (Å²) in [5.41, 5.74) is 1.53. The van der Waals surface area contributed by atoms with Crippen LogP contribution in [0, 0.1) is 5.82 Å². The van der Waals surface area contributed by atoms with E-state index < -0.39 is 15.8 Å². The van der Waals surface area contributed by atoms with E-state index >= 15 is 0 Å². The van der Waals surface area contributed by atoms with Gasteiger partial charge in [-0.2, -0.15) is 0 Å². The van der Waals surface area contributed by atoms with E-state index in [0.29, 0.717) is 12.1 Å². The SMILES string of the molecule is CC(=O)N1c2ccc(S(=O)(=O)Nc3ccc(F)cc3OCCO)cc2CC1C. The summed E-state index contributed by atoms with van der Waals surface area (Å²) in [6, 6.07) is 7.94. The summed E-state index contributed by atoms with van der Waals surface area (Å²) in [6.45, 7) is 2.98. The number of rotatable bonds is 6. The van der Waals surface area contributed by atoms with Gasteiger partial charge in [0.1, 0.15) is 18.2 Å². The number of nitrogens with one attached hydrogen (secondary N) is 1. The van der Waals surface area contributed by atoms with Crippen LogP contribution >= 0.6 is 0 Å². The number of ether oxygens (including phenoxy) is 1. The highest BCUT2D eigenvalue weighted by Crippen LogP contribution is 2.35. The molecule has 2 aromatic carbocycles. The van der Waals surface area contributed by atoms with Gasteiger partial charge in [-0.25, -0.2) is 12.8 Å². The Kier molecular flexibility index (Phi) is 5.57. The van der Waals surface area contributed by atoms with Gasteiger partial charge in [0.05, 0.1) is 17.2 Å². The van der Waals surface area contributed by atoms with Gasteiger partial charge >= 0.3 is 0 Å². The highest BCUT2D eigenvalue weighted by molar-refractivity contribution is 7.92. The van der Waals surface area contributed by atoms with Crippen molar-refractivity contribution in [3.05, 3.63) is 47.8 Å². The molecule has 7 nitrogen and oxygen atoms in total. The maximum atomic E-state index is 13.5. The van der Waals surface area contributed by atoms with Crippen molar-refractivity contribution in [3.8, 4) is 5.75 Å². The van der Waals surface area contributed by atoms with E-state index in [0.717, 1.165) is 17.7 Å². The number of amides is 1. The molecule has 0 aromatic heterocycles. The average Bonchev–Trinajstić information content (AvgIpc) is 2.96. The Morgan fingerprint density at radius 1 is 1.32 bits per heavy atom. The summed E-state index contributed by atoms with van der Waals surface area (Å²) >= 11 is 0. The number of sulfonamides is 1. The number of nitrogens with zero attached hydrogens (tertiary/aromatic N) is 1. The Balaban J connectivity index is 1.91. The van der Waals surface area contributed by atoms with Crippen molar-refractivity contribution in [1.82, 2.24) is 0 Å². The van der Waals surface area contributed by atoms with E-state index in [2.05, 4.69) is 4.72 Å². The molecule has 0 aliphatic carbocycles. The van der Waals surface area contributed by atoms with Crippen LogP contribution in [-0.4, -0.2) is 38.7 Å². The van der Waals surface area contributed by atoms with Crippen LogP contribution in [0.15, 0.2) is 41.3 Å². The fourth-order valence-corrected chi connectivity index (χ4v) is 4.43. The van der Waals surface area contributed by atoms with Crippen LogP contribution < -0.4 is 14.4 Å². The average molecular weight is 408 g/mol. The van der Waals surface area contributed by atoms with Crippen molar-refractivity contribution in [1.29, 1.82) is 0 Å². The third kappa shape index (κ3) is 3.95. The topological polar surface area (TPSA) is 95.9 Å². The minimum Gasteiger partial charge on any atom is -0.489 e. The van der Waals surface area contributed by atoms with E-state index in [4.69, 9.17) is 9.84 Å². The lowest BCUT2D eigenvalue weighted by atomic mass is 10.1. The van der Waals surface area contributed by atoms with Crippen molar-refractivity contribution in [2.75, 3.05) is 22.8 Å². The van der Waals surface area contributed by atoms with Crippen molar-refractivity contribution in [2.45, 2.75) is 31.2 Å². The van der Waals surface area contributed by atoms with Crippen molar-refractivity contribution >= 4 is 27.3 Å². The van der Waals surface area contributed by atoms with Gasteiger partial charge in [0, 0.05) is 24.7 Å². The van der Waals surface area contributed by atoms with E-state index in [1.807, 2.05) is 6.92 Å². The van der Waals surface area contributed by atoms with Crippen molar-refractivity contribution in [2.24, 2.45) is 0 Å². The molecule has 1 unspecified atom stereocenters. The molecular formula is C19H21FN2O5S. The third-order valence-corrected chi connectivity index (χ3v) is 5.82. The first-order chi connectivity index (χ1) is 13.2. The third-order valence-electron chi connectivity index (χ3n) is 4.45. The molecule has 0 spiro atoms. The predicted molar refractivity (Wildman–Crippen MR) is 103 cm³/mol. The molecule has 0 radical (unpaired) electrons. The number of hydrogen-bond acceptors (Lipinski definition) is 5. The molecule has 3 rings (SSSR count). The molecule has 0 saturated heterocycles. The van der Waals surface area contributed by atoms with Crippen LogP contribution in [0.5, 0.6) is 5.75 Å². The maximum Gasteiger partial charge on any atom is 0.262 e. The zero-order valence-corrected chi connectivity index (χ0v) is 16.3. The lowest BCUT2D eigenvalue weighted by molar-refractivity contribution is -0.116. The van der Waals surface area contributed by atoms with Gasteiger partial charge in [-0.1, -0.05) is 0 Å². The molecule has 1 atom stereocenters. The summed E-state index contributed by atoms with van der Waals surface area (Å²) in [4.78, 5) is 13.5. The molecule has 0 saturated carbocycles. The zero-order valence-electron chi connectivity index (χ0n) is 15.5. The number of hydrogen-bond donors (Lipinski definition) is 2. The molecular weight excluding hydrogens is 387 g/mol. The predicted octanol–water partition coefficient (Wildman–Crippen LogP) is 2.30. The standard InChI is InChI=1S/C19H21FN2O5S/c1-12-9-14-10-16(4-6-18(14)22(12)13(2)24)28(25,26)21-17-5-3-15(20)11-19(17)27-8-7-23/h3-6,10-12,21,23H,7-9H2,1-2H3. The smallest absolute Gasteiger partial charge is 0.262 e. The zero-order chi connectivity index (χ0) is 20.5. The van der Waals surface area contributed by atoms with Crippen molar-refractivity contribution < 1.29 is 27.4 Å². The quantitative estimate of drug-likeness (QED) is 0.765. The number of halogens is 1. The van der Waals surface area contributed by atoms with Gasteiger partial charge in [0.15, 0.2) is 0 Å². The minimum atomic E-state index is -3.97. The maximum absolute atomic E-state index is 13.5. The number of benzene rings is 2. The molecule has 150 valence electrons. The number of aliphatic hydroxyl groups is 1. The Hall–Kier alpha value is -2.65. The van der Waals surface area contributed by atoms with Gasteiger partial charge in [0.25, 0.3) is 10.0 Å². The molecule has 1 amide bonds. The minimum absolute atomic E-state index is 0.0184. The van der Waals surface area contributed by atoms with Crippen molar-refractivity contribution in [3.63, 3.8) is 0 Å². The first kappa shape index (κ1) is 20.1. The fraction of sp³-hybridized carbons (Fsp3) is 0.316. The highest BCUT2D eigenvalue weighted by Gasteiger charge is 2.30. The molecule has 1 aliphatic rings. The normalized spacial score (nSPS) is 16.0. The molecule has 2 N–H and O–H groups in total. The van der Waals surface area contributed by atoms with Gasteiger partial charge in [-0.05, 0) is 49.2 Å². The van der Waals surface area contributed by atoms with E-state index in [9.17, 15) is 17.6 Å². The Morgan fingerprint density at radius 2 is 2.07 bits per heavy atom. The van der Waals surface area contributed by atoms with Gasteiger partial charge in [-0.15, -0.1) is 0 Å². The molecule has 0 bridgehead atoms. The number of anilines is 2. The Bertz CT molecular complexity index is 1010. The summed E-state index contributed by atoms with van der Waals surface area (Å²) in [5.74, 6) is -0.709. The fourth-order valence-electron chi connectivity index (χ4n) is 3.31. The largest absolute Gasteiger partial charge is 0.489 e. The lowest BCUT2D eigenvalue weighted by Gasteiger charge is -2.20. The van der Waals surface area contributed by atoms with Crippen LogP contribution in [0.1, 0.15) is 19.4 Å². The molecule has 28 heavy (non-hydrogen) atoms. The molecule has 0 fully saturated rings. The number of fused-ring (bicyclic) bond motifs is 1. The molecule has 1 aliphatic heterocycles. The lowest BCUT2D eigenvalue weighted by Crippen LogP contribution is -2.33. The Morgan fingerprint density at radius 3 is 2.75 bits per heavy atom. The summed E-state index contributed by atoms with van der Waals surface area (Å²) in [6.07, 6.45) is 0.555. The molecule has 9 heteroatoms. The van der Waals surface area contributed by atoms with Crippen LogP contribution in [0.4, 0.5) is 15.8 Å². The summed E-state index contributed by atoms with van der Waals surface area (Å²) < 4.78 is 46.7. The first-order valence-electron chi connectivity index (χ1n) is 8.71. The second-order valence-electron chi connectivity index (χ2n) is 6.55.